The van der Waals surface area contributed by atoms with Gasteiger partial charge in [0.1, 0.15) is 0 Å². The zero-order valence-electron chi connectivity index (χ0n) is 27.9. The van der Waals surface area contributed by atoms with E-state index < -0.39 is 0 Å². The van der Waals surface area contributed by atoms with Gasteiger partial charge in [0.05, 0.1) is 27.8 Å². The van der Waals surface area contributed by atoms with Crippen LogP contribution >= 0.6 is 0 Å². The van der Waals surface area contributed by atoms with Crippen LogP contribution < -0.4 is 4.90 Å². The number of anilines is 3. The summed E-state index contributed by atoms with van der Waals surface area (Å²) in [5.74, 6) is 0. The number of hydrogen-bond acceptors (Lipinski definition) is 1. The monoisotopic (exact) mass is 651 g/mol. The molecular formula is C48H33N3. The molecule has 0 atom stereocenters. The number of fused-ring (bicyclic) bond motifs is 6. The molecule has 0 unspecified atom stereocenters. The summed E-state index contributed by atoms with van der Waals surface area (Å²) in [6.45, 7) is 0. The maximum atomic E-state index is 2.43. The molecule has 10 aromatic rings. The third kappa shape index (κ3) is 4.67. The fourth-order valence-corrected chi connectivity index (χ4v) is 7.95. The summed E-state index contributed by atoms with van der Waals surface area (Å²) >= 11 is 0. The van der Waals surface area contributed by atoms with Crippen molar-refractivity contribution in [2.24, 2.45) is 0 Å². The van der Waals surface area contributed by atoms with Crippen molar-refractivity contribution >= 4 is 60.7 Å². The molecule has 0 aliphatic rings. The summed E-state index contributed by atoms with van der Waals surface area (Å²) in [6, 6.07) is 72.1. The average molecular weight is 652 g/mol. The first-order chi connectivity index (χ1) is 25.3. The van der Waals surface area contributed by atoms with Crippen molar-refractivity contribution in [3.63, 3.8) is 0 Å². The molecule has 2 heterocycles. The van der Waals surface area contributed by atoms with Crippen LogP contribution in [0.15, 0.2) is 200 Å². The summed E-state index contributed by atoms with van der Waals surface area (Å²) in [5, 5.41) is 4.92. The van der Waals surface area contributed by atoms with Crippen LogP contribution in [0.3, 0.4) is 0 Å². The molecule has 0 fully saturated rings. The van der Waals surface area contributed by atoms with Gasteiger partial charge in [-0.05, 0) is 83.9 Å². The molecule has 51 heavy (non-hydrogen) atoms. The number of benzene rings is 8. The molecular weight excluding hydrogens is 619 g/mol. The topological polar surface area (TPSA) is 13.1 Å². The highest BCUT2D eigenvalue weighted by Crippen LogP contribution is 2.46. The van der Waals surface area contributed by atoms with Crippen LogP contribution in [0.5, 0.6) is 0 Å². The lowest BCUT2D eigenvalue weighted by molar-refractivity contribution is 1.17. The van der Waals surface area contributed by atoms with Crippen LogP contribution in [0.1, 0.15) is 0 Å². The third-order valence-electron chi connectivity index (χ3n) is 10.1. The van der Waals surface area contributed by atoms with Crippen molar-refractivity contribution in [1.29, 1.82) is 0 Å². The first-order valence-electron chi connectivity index (χ1n) is 17.5. The second kappa shape index (κ2) is 11.9. The Bertz CT molecular complexity index is 2830. The van der Waals surface area contributed by atoms with Gasteiger partial charge in [-0.15, -0.1) is 0 Å². The number of hydrogen-bond donors (Lipinski definition) is 0. The minimum Gasteiger partial charge on any atom is -0.310 e. The van der Waals surface area contributed by atoms with Gasteiger partial charge in [-0.25, -0.2) is 0 Å². The highest BCUT2D eigenvalue weighted by Gasteiger charge is 2.23. The van der Waals surface area contributed by atoms with Crippen LogP contribution in [0.2, 0.25) is 0 Å². The van der Waals surface area contributed by atoms with Crippen LogP contribution in [0, 0.1) is 0 Å². The number of nitrogens with zero attached hydrogens (tertiary/aromatic N) is 3. The first-order valence-corrected chi connectivity index (χ1v) is 17.5. The summed E-state index contributed by atoms with van der Waals surface area (Å²) in [5.41, 5.74) is 12.8. The van der Waals surface area contributed by atoms with Crippen molar-refractivity contribution in [2.75, 3.05) is 4.90 Å². The molecule has 0 aliphatic heterocycles. The van der Waals surface area contributed by atoms with E-state index in [1.54, 1.807) is 0 Å². The average Bonchev–Trinajstić information content (AvgIpc) is 3.73. The normalized spacial score (nSPS) is 11.5. The largest absolute Gasteiger partial charge is 0.310 e. The molecule has 0 aliphatic carbocycles. The van der Waals surface area contributed by atoms with Crippen LogP contribution in [0.4, 0.5) is 17.1 Å². The van der Waals surface area contributed by atoms with Gasteiger partial charge in [-0.1, -0.05) is 127 Å². The second-order valence-corrected chi connectivity index (χ2v) is 13.0. The van der Waals surface area contributed by atoms with Crippen molar-refractivity contribution < 1.29 is 0 Å². The minimum absolute atomic E-state index is 1.10. The van der Waals surface area contributed by atoms with Crippen LogP contribution in [-0.4, -0.2) is 9.13 Å². The number of aromatic nitrogens is 2. The molecule has 2 aromatic heterocycles. The number of rotatable bonds is 6. The molecule has 240 valence electrons. The van der Waals surface area contributed by atoms with Gasteiger partial charge < -0.3 is 14.0 Å². The Kier molecular flexibility index (Phi) is 6.81. The van der Waals surface area contributed by atoms with E-state index in [0.29, 0.717) is 0 Å². The van der Waals surface area contributed by atoms with Crippen molar-refractivity contribution in [3.8, 4) is 22.5 Å². The van der Waals surface area contributed by atoms with Gasteiger partial charge in [0, 0.05) is 44.3 Å². The fraction of sp³-hybridized carbons (Fsp3) is 0. The van der Waals surface area contributed by atoms with E-state index in [4.69, 9.17) is 0 Å². The lowest BCUT2D eigenvalue weighted by Crippen LogP contribution is -2.10. The first kappa shape index (κ1) is 29.1. The van der Waals surface area contributed by atoms with Gasteiger partial charge in [-0.3, -0.25) is 0 Å². The zero-order valence-corrected chi connectivity index (χ0v) is 27.9. The molecule has 0 amide bonds. The Hall–Kier alpha value is -6.84. The minimum atomic E-state index is 1.10. The van der Waals surface area contributed by atoms with Crippen LogP contribution in [0.25, 0.3) is 66.1 Å². The molecule has 0 saturated carbocycles. The standard InChI is InChI=1S/C48H33N3/c1-5-17-34(18-6-1)39-26-15-28-43-47(39)41-32-31-38(33-46(41)51(43)37-23-11-4-12-24-37)49(35-19-7-2-8-20-35)44-29-16-30-45-48(44)40-25-13-14-27-42(40)50(45)36-21-9-3-10-22-36/h1-33H. The molecule has 8 aromatic carbocycles. The van der Waals surface area contributed by atoms with E-state index in [0.717, 1.165) is 34.0 Å². The summed E-state index contributed by atoms with van der Waals surface area (Å²) in [7, 11) is 0. The van der Waals surface area contributed by atoms with Gasteiger partial charge in [-0.2, -0.15) is 0 Å². The lowest BCUT2D eigenvalue weighted by atomic mass is 9.99. The Balaban J connectivity index is 1.29. The molecule has 0 saturated heterocycles. The van der Waals surface area contributed by atoms with E-state index in [-0.39, 0.29) is 0 Å². The van der Waals surface area contributed by atoms with E-state index in [1.807, 2.05) is 0 Å². The molecule has 0 N–H and O–H groups in total. The molecule has 0 radical (unpaired) electrons. The second-order valence-electron chi connectivity index (χ2n) is 13.0. The summed E-state index contributed by atoms with van der Waals surface area (Å²) in [4.78, 5) is 2.43. The zero-order chi connectivity index (χ0) is 33.7. The summed E-state index contributed by atoms with van der Waals surface area (Å²) < 4.78 is 4.81. The van der Waals surface area contributed by atoms with Gasteiger partial charge in [0.15, 0.2) is 0 Å². The maximum absolute atomic E-state index is 2.43. The predicted molar refractivity (Wildman–Crippen MR) is 215 cm³/mol. The van der Waals surface area contributed by atoms with E-state index >= 15 is 0 Å². The quantitative estimate of drug-likeness (QED) is 0.174. The van der Waals surface area contributed by atoms with E-state index in [1.165, 1.54) is 49.2 Å². The maximum Gasteiger partial charge on any atom is 0.0562 e. The summed E-state index contributed by atoms with van der Waals surface area (Å²) in [6.07, 6.45) is 0. The molecule has 3 nitrogen and oxygen atoms in total. The fourth-order valence-electron chi connectivity index (χ4n) is 7.95. The SMILES string of the molecule is c1ccc(-c2cccc3c2c2ccc(N(c4ccccc4)c4cccc5c4c4ccccc4n5-c4ccccc4)cc2n3-c2ccccc2)cc1. The lowest BCUT2D eigenvalue weighted by Gasteiger charge is -2.27. The Labute approximate surface area is 296 Å². The van der Waals surface area contributed by atoms with Gasteiger partial charge in [0.2, 0.25) is 0 Å². The van der Waals surface area contributed by atoms with E-state index in [9.17, 15) is 0 Å². The van der Waals surface area contributed by atoms with E-state index in [2.05, 4.69) is 214 Å². The van der Waals surface area contributed by atoms with Crippen molar-refractivity contribution in [3.05, 3.63) is 200 Å². The van der Waals surface area contributed by atoms with Gasteiger partial charge >= 0.3 is 0 Å². The highest BCUT2D eigenvalue weighted by atomic mass is 15.2. The predicted octanol–water partition coefficient (Wildman–Crippen LogP) is 13.0. The Morgan fingerprint density at radius 3 is 1.57 bits per heavy atom. The van der Waals surface area contributed by atoms with Gasteiger partial charge in [0.25, 0.3) is 0 Å². The Morgan fingerprint density at radius 1 is 0.333 bits per heavy atom. The number of para-hydroxylation sites is 4. The smallest absolute Gasteiger partial charge is 0.0562 e. The molecule has 10 rings (SSSR count). The molecule has 0 spiro atoms. The van der Waals surface area contributed by atoms with Crippen molar-refractivity contribution in [1.82, 2.24) is 9.13 Å². The highest BCUT2D eigenvalue weighted by molar-refractivity contribution is 6.18. The molecule has 0 bridgehead atoms. The Morgan fingerprint density at radius 2 is 0.863 bits per heavy atom. The van der Waals surface area contributed by atoms with Crippen LogP contribution in [-0.2, 0) is 0 Å². The third-order valence-corrected chi connectivity index (χ3v) is 10.1. The molecule has 3 heteroatoms. The van der Waals surface area contributed by atoms with Crippen molar-refractivity contribution in [2.45, 2.75) is 0 Å².